The Morgan fingerprint density at radius 3 is 2.62 bits per heavy atom. The van der Waals surface area contributed by atoms with Crippen LogP contribution in [0.15, 0.2) is 30.3 Å². The van der Waals surface area contributed by atoms with E-state index in [1.807, 2.05) is 6.07 Å². The Labute approximate surface area is 154 Å². The van der Waals surface area contributed by atoms with Gasteiger partial charge >= 0.3 is 0 Å². The summed E-state index contributed by atoms with van der Waals surface area (Å²) in [6.45, 7) is 3.28. The normalized spacial score (nSPS) is 25.1. The highest BCUT2D eigenvalue weighted by atomic mass is 16.5. The van der Waals surface area contributed by atoms with Crippen molar-refractivity contribution in [2.75, 3.05) is 19.6 Å². The lowest BCUT2D eigenvalue weighted by atomic mass is 9.81. The zero-order chi connectivity index (χ0) is 18.6. The lowest BCUT2D eigenvalue weighted by Crippen LogP contribution is -2.54. The Morgan fingerprint density at radius 2 is 1.96 bits per heavy atom. The fraction of sp³-hybridized carbons (Fsp3) is 0.600. The molecule has 0 bridgehead atoms. The van der Waals surface area contributed by atoms with Crippen LogP contribution in [-0.2, 0) is 9.53 Å². The van der Waals surface area contributed by atoms with E-state index in [9.17, 15) is 14.7 Å². The number of aliphatic hydroxyl groups excluding tert-OH is 1. The first kappa shape index (κ1) is 18.9. The standard InChI is InChI=1S/C20H28N2O4/c1-2-17-12-16(23)13-20(26-17)8-10-22(11-9-20)18(24)14-21-19(25)15-6-4-3-5-7-15/h3-7,16-17,23H,2,8-14H2,1H3,(H,21,25)/t16-,17+/m1/s1. The second-order valence-corrected chi connectivity index (χ2v) is 7.35. The van der Waals surface area contributed by atoms with Crippen LogP contribution in [-0.4, -0.2) is 59.3 Å². The Hall–Kier alpha value is -1.92. The van der Waals surface area contributed by atoms with E-state index in [1.54, 1.807) is 29.2 Å². The zero-order valence-corrected chi connectivity index (χ0v) is 15.3. The smallest absolute Gasteiger partial charge is 0.251 e. The molecule has 2 saturated heterocycles. The van der Waals surface area contributed by atoms with Gasteiger partial charge in [-0.1, -0.05) is 25.1 Å². The van der Waals surface area contributed by atoms with Crippen molar-refractivity contribution in [2.24, 2.45) is 0 Å². The summed E-state index contributed by atoms with van der Waals surface area (Å²) in [4.78, 5) is 26.2. The lowest BCUT2D eigenvalue weighted by Gasteiger charge is -2.47. The van der Waals surface area contributed by atoms with E-state index in [1.165, 1.54) is 0 Å². The predicted octanol–water partition coefficient (Wildman–Crippen LogP) is 1.73. The summed E-state index contributed by atoms with van der Waals surface area (Å²) in [6, 6.07) is 8.88. The number of hydrogen-bond donors (Lipinski definition) is 2. The minimum atomic E-state index is -0.318. The third-order valence-corrected chi connectivity index (χ3v) is 5.48. The number of aliphatic hydroxyl groups is 1. The highest BCUT2D eigenvalue weighted by Gasteiger charge is 2.43. The number of benzene rings is 1. The van der Waals surface area contributed by atoms with Crippen LogP contribution in [0.25, 0.3) is 0 Å². The Bertz CT molecular complexity index is 626. The molecule has 1 spiro atoms. The maximum Gasteiger partial charge on any atom is 0.251 e. The first-order valence-corrected chi connectivity index (χ1v) is 9.48. The molecule has 6 nitrogen and oxygen atoms in total. The number of carbonyl (C=O) groups is 2. The van der Waals surface area contributed by atoms with Crippen LogP contribution in [0.4, 0.5) is 0 Å². The van der Waals surface area contributed by atoms with Crippen molar-refractivity contribution < 1.29 is 19.4 Å². The summed E-state index contributed by atoms with van der Waals surface area (Å²) in [5.41, 5.74) is 0.246. The number of piperidine rings is 1. The average molecular weight is 360 g/mol. The molecule has 2 aliphatic rings. The van der Waals surface area contributed by atoms with Gasteiger partial charge in [0.05, 0.1) is 24.4 Å². The number of carbonyl (C=O) groups excluding carboxylic acids is 2. The monoisotopic (exact) mass is 360 g/mol. The van der Waals surface area contributed by atoms with E-state index in [0.717, 1.165) is 19.3 Å². The Morgan fingerprint density at radius 1 is 1.27 bits per heavy atom. The van der Waals surface area contributed by atoms with Gasteiger partial charge in [0, 0.05) is 25.1 Å². The van der Waals surface area contributed by atoms with E-state index < -0.39 is 0 Å². The average Bonchev–Trinajstić information content (AvgIpc) is 2.66. The predicted molar refractivity (Wildman–Crippen MR) is 97.7 cm³/mol. The number of nitrogens with zero attached hydrogens (tertiary/aromatic N) is 1. The highest BCUT2D eigenvalue weighted by Crippen LogP contribution is 2.38. The van der Waals surface area contributed by atoms with Crippen molar-refractivity contribution in [3.05, 3.63) is 35.9 Å². The summed E-state index contributed by atoms with van der Waals surface area (Å²) >= 11 is 0. The van der Waals surface area contributed by atoms with E-state index in [2.05, 4.69) is 12.2 Å². The van der Waals surface area contributed by atoms with Crippen molar-refractivity contribution in [3.8, 4) is 0 Å². The van der Waals surface area contributed by atoms with Gasteiger partial charge in [-0.05, 0) is 37.8 Å². The second-order valence-electron chi connectivity index (χ2n) is 7.35. The van der Waals surface area contributed by atoms with Gasteiger partial charge in [-0.3, -0.25) is 9.59 Å². The molecule has 2 fully saturated rings. The number of likely N-dealkylation sites (tertiary alicyclic amines) is 1. The maximum atomic E-state index is 12.4. The van der Waals surface area contributed by atoms with Crippen LogP contribution in [0.2, 0.25) is 0 Å². The van der Waals surface area contributed by atoms with Crippen LogP contribution in [0, 0.1) is 0 Å². The van der Waals surface area contributed by atoms with Gasteiger partial charge in [-0.25, -0.2) is 0 Å². The van der Waals surface area contributed by atoms with Gasteiger partial charge in [-0.2, -0.15) is 0 Å². The van der Waals surface area contributed by atoms with E-state index in [0.29, 0.717) is 31.5 Å². The summed E-state index contributed by atoms with van der Waals surface area (Å²) < 4.78 is 6.25. The minimum absolute atomic E-state index is 0.00178. The van der Waals surface area contributed by atoms with Crippen LogP contribution in [0.1, 0.15) is 49.4 Å². The fourth-order valence-electron chi connectivity index (χ4n) is 3.96. The molecule has 6 heteroatoms. The number of hydrogen-bond acceptors (Lipinski definition) is 4. The third kappa shape index (κ3) is 4.43. The quantitative estimate of drug-likeness (QED) is 0.857. The third-order valence-electron chi connectivity index (χ3n) is 5.48. The molecule has 2 heterocycles. The van der Waals surface area contributed by atoms with Gasteiger partial charge in [-0.15, -0.1) is 0 Å². The van der Waals surface area contributed by atoms with E-state index in [4.69, 9.17) is 4.74 Å². The van der Waals surface area contributed by atoms with Crippen LogP contribution < -0.4 is 5.32 Å². The SMILES string of the molecule is CC[C@H]1C[C@@H](O)CC2(CCN(C(=O)CNC(=O)c3ccccc3)CC2)O1. The molecule has 0 unspecified atom stereocenters. The summed E-state index contributed by atoms with van der Waals surface area (Å²) in [7, 11) is 0. The van der Waals surface area contributed by atoms with Crippen LogP contribution in [0.3, 0.4) is 0 Å². The van der Waals surface area contributed by atoms with Gasteiger partial charge in [0.2, 0.25) is 5.91 Å². The Kier molecular flexibility index (Phi) is 5.94. The molecule has 0 aliphatic carbocycles. The first-order valence-electron chi connectivity index (χ1n) is 9.48. The fourth-order valence-corrected chi connectivity index (χ4v) is 3.96. The molecular weight excluding hydrogens is 332 g/mol. The zero-order valence-electron chi connectivity index (χ0n) is 15.3. The van der Waals surface area contributed by atoms with Gasteiger partial charge in [0.15, 0.2) is 0 Å². The number of rotatable bonds is 4. The number of amides is 2. The molecule has 2 atom stereocenters. The highest BCUT2D eigenvalue weighted by molar-refractivity contribution is 5.96. The van der Waals surface area contributed by atoms with Crippen LogP contribution in [0.5, 0.6) is 0 Å². The van der Waals surface area contributed by atoms with E-state index in [-0.39, 0.29) is 36.2 Å². The molecule has 2 aliphatic heterocycles. The molecule has 142 valence electrons. The molecule has 3 rings (SSSR count). The molecular formula is C20H28N2O4. The van der Waals surface area contributed by atoms with Gasteiger partial charge in [0.1, 0.15) is 0 Å². The van der Waals surface area contributed by atoms with E-state index >= 15 is 0 Å². The van der Waals surface area contributed by atoms with Crippen LogP contribution >= 0.6 is 0 Å². The molecule has 0 radical (unpaired) electrons. The van der Waals surface area contributed by atoms with Crippen molar-refractivity contribution >= 4 is 11.8 Å². The molecule has 1 aromatic rings. The lowest BCUT2D eigenvalue weighted by molar-refractivity contribution is -0.183. The summed E-state index contributed by atoms with van der Waals surface area (Å²) in [6.07, 6.45) is 3.50. The topological polar surface area (TPSA) is 78.9 Å². The van der Waals surface area contributed by atoms with Crippen molar-refractivity contribution in [2.45, 2.75) is 56.8 Å². The molecule has 0 aromatic heterocycles. The molecule has 26 heavy (non-hydrogen) atoms. The Balaban J connectivity index is 1.48. The summed E-state index contributed by atoms with van der Waals surface area (Å²) in [5, 5.41) is 12.8. The minimum Gasteiger partial charge on any atom is -0.393 e. The van der Waals surface area contributed by atoms with Gasteiger partial charge in [0.25, 0.3) is 5.91 Å². The second kappa shape index (κ2) is 8.18. The molecule has 1 aromatic carbocycles. The summed E-state index contributed by atoms with van der Waals surface area (Å²) in [5.74, 6) is -0.315. The number of nitrogens with one attached hydrogen (secondary N) is 1. The molecule has 2 amide bonds. The molecule has 0 saturated carbocycles. The van der Waals surface area contributed by atoms with Crippen molar-refractivity contribution in [1.82, 2.24) is 10.2 Å². The first-order chi connectivity index (χ1) is 12.5. The largest absolute Gasteiger partial charge is 0.393 e. The van der Waals surface area contributed by atoms with Gasteiger partial charge < -0.3 is 20.1 Å². The van der Waals surface area contributed by atoms with Crippen molar-refractivity contribution in [1.29, 1.82) is 0 Å². The number of ether oxygens (including phenoxy) is 1. The van der Waals surface area contributed by atoms with Crippen molar-refractivity contribution in [3.63, 3.8) is 0 Å². The maximum absolute atomic E-state index is 12.4. The molecule has 2 N–H and O–H groups in total.